The zero-order chi connectivity index (χ0) is 16.1. The number of carboxylic acid groups (broad SMARTS) is 1. The van der Waals surface area contributed by atoms with Crippen LogP contribution in [0, 0.1) is 5.92 Å². The van der Waals surface area contributed by atoms with Gasteiger partial charge in [-0.1, -0.05) is 20.4 Å². The van der Waals surface area contributed by atoms with Gasteiger partial charge in [-0.3, -0.25) is 0 Å². The molecule has 1 unspecified atom stereocenters. The third-order valence-electron chi connectivity index (χ3n) is 2.16. The Bertz CT molecular complexity index is 416. The average molecular weight is 293 g/mol. The average Bonchev–Trinajstić information content (AvgIpc) is 2.31. The molecule has 114 valence electrons. The van der Waals surface area contributed by atoms with E-state index in [9.17, 15) is 28.3 Å². The molecule has 0 N–H and O–H groups in total. The summed E-state index contributed by atoms with van der Waals surface area (Å²) in [6, 6.07) is 0. The van der Waals surface area contributed by atoms with Crippen LogP contribution in [0.25, 0.3) is 0 Å². The Labute approximate surface area is 114 Å². The lowest BCUT2D eigenvalue weighted by Gasteiger charge is -2.29. The van der Waals surface area contributed by atoms with Gasteiger partial charge in [0.05, 0.1) is 0 Å². The van der Waals surface area contributed by atoms with Crippen molar-refractivity contribution < 1.29 is 37.7 Å². The zero-order valence-electron chi connectivity index (χ0n) is 11.3. The van der Waals surface area contributed by atoms with Crippen molar-refractivity contribution in [2.24, 2.45) is 5.92 Å². The largest absolute Gasteiger partial charge is 0.544 e. The number of carbonyl (C=O) groups excluding carboxylic acids is 3. The Morgan fingerprint density at radius 1 is 1.30 bits per heavy atom. The Morgan fingerprint density at radius 2 is 1.80 bits per heavy atom. The van der Waals surface area contributed by atoms with E-state index in [1.807, 2.05) is 0 Å². The third-order valence-corrected chi connectivity index (χ3v) is 2.16. The number of carboxylic acids is 1. The van der Waals surface area contributed by atoms with Gasteiger partial charge in [-0.05, 0) is 12.8 Å². The van der Waals surface area contributed by atoms with Gasteiger partial charge in [-0.25, -0.2) is 9.59 Å². The minimum Gasteiger partial charge on any atom is -0.544 e. The number of aliphatic carboxylic acids is 1. The van der Waals surface area contributed by atoms with Crippen LogP contribution in [0.2, 0.25) is 0 Å². The maximum Gasteiger partial charge on any atom is 0.344 e. The summed E-state index contributed by atoms with van der Waals surface area (Å²) in [5, 5.41) is 10.4. The molecule has 8 heteroatoms. The Morgan fingerprint density at radius 3 is 2.15 bits per heavy atom. The molecule has 0 saturated carbocycles. The smallest absolute Gasteiger partial charge is 0.344 e. The molecule has 0 rings (SSSR count). The molecule has 0 aromatic heterocycles. The molecule has 0 aromatic rings. The van der Waals surface area contributed by atoms with E-state index in [2.05, 4.69) is 16.1 Å². The first-order valence-electron chi connectivity index (χ1n) is 5.61. The van der Waals surface area contributed by atoms with Crippen molar-refractivity contribution in [2.75, 3.05) is 6.61 Å². The summed E-state index contributed by atoms with van der Waals surface area (Å²) >= 11 is 0. The van der Waals surface area contributed by atoms with E-state index in [0.717, 1.165) is 0 Å². The predicted molar refractivity (Wildman–Crippen MR) is 60.4 cm³/mol. The fourth-order valence-electron chi connectivity index (χ4n) is 1.17. The maximum atomic E-state index is 13.3. The van der Waals surface area contributed by atoms with Gasteiger partial charge in [0, 0.05) is 5.57 Å². The summed E-state index contributed by atoms with van der Waals surface area (Å²) < 4.78 is 35.3. The highest BCUT2D eigenvalue weighted by Crippen LogP contribution is 2.26. The molecule has 0 heterocycles. The van der Waals surface area contributed by atoms with Crippen molar-refractivity contribution in [2.45, 2.75) is 32.8 Å². The Hall–Kier alpha value is -1.99. The van der Waals surface area contributed by atoms with Gasteiger partial charge in [-0.15, -0.1) is 0 Å². The molecule has 0 aliphatic heterocycles. The number of esters is 2. The molecule has 0 aliphatic rings. The first-order chi connectivity index (χ1) is 9.00. The number of alkyl halides is 2. The summed E-state index contributed by atoms with van der Waals surface area (Å²) in [4.78, 5) is 32.6. The van der Waals surface area contributed by atoms with E-state index < -0.39 is 42.5 Å². The van der Waals surface area contributed by atoms with Crippen LogP contribution < -0.4 is 5.11 Å². The van der Waals surface area contributed by atoms with Crippen LogP contribution in [0.1, 0.15) is 20.8 Å². The fourth-order valence-corrected chi connectivity index (χ4v) is 1.17. The number of hydrogen-bond donors (Lipinski definition) is 0. The summed E-state index contributed by atoms with van der Waals surface area (Å²) in [5.74, 6) is -10.2. The highest BCUT2D eigenvalue weighted by Gasteiger charge is 2.46. The SMILES string of the molecule is C=C(C)C(=O)OCC(=O)OC(C(C)C)C(F)(F)C(=O)[O-]. The minimum absolute atomic E-state index is 0.0123. The van der Waals surface area contributed by atoms with Crippen molar-refractivity contribution in [3.63, 3.8) is 0 Å². The second kappa shape index (κ2) is 6.97. The number of rotatable bonds is 7. The molecule has 6 nitrogen and oxygen atoms in total. The molecule has 0 aliphatic carbocycles. The van der Waals surface area contributed by atoms with Crippen molar-refractivity contribution >= 4 is 17.9 Å². The van der Waals surface area contributed by atoms with E-state index in [-0.39, 0.29) is 5.57 Å². The van der Waals surface area contributed by atoms with E-state index in [4.69, 9.17) is 0 Å². The number of carbonyl (C=O) groups is 3. The Kier molecular flexibility index (Phi) is 6.28. The number of halogens is 2. The van der Waals surface area contributed by atoms with E-state index in [0.29, 0.717) is 0 Å². The van der Waals surface area contributed by atoms with Crippen LogP contribution in [0.15, 0.2) is 12.2 Å². The summed E-state index contributed by atoms with van der Waals surface area (Å²) in [7, 11) is 0. The van der Waals surface area contributed by atoms with Gasteiger partial charge in [-0.2, -0.15) is 8.78 Å². The second-order valence-corrected chi connectivity index (χ2v) is 4.42. The summed E-state index contributed by atoms with van der Waals surface area (Å²) in [6.45, 7) is 6.15. The van der Waals surface area contributed by atoms with Crippen molar-refractivity contribution in [3.05, 3.63) is 12.2 Å². The second-order valence-electron chi connectivity index (χ2n) is 4.42. The lowest BCUT2D eigenvalue weighted by molar-refractivity contribution is -0.337. The normalized spacial score (nSPS) is 12.7. The van der Waals surface area contributed by atoms with E-state index >= 15 is 0 Å². The van der Waals surface area contributed by atoms with Crippen LogP contribution in [0.4, 0.5) is 8.78 Å². The maximum absolute atomic E-state index is 13.3. The topological polar surface area (TPSA) is 92.7 Å². The van der Waals surface area contributed by atoms with Crippen molar-refractivity contribution in [3.8, 4) is 0 Å². The summed E-state index contributed by atoms with van der Waals surface area (Å²) in [6.07, 6.45) is -2.22. The lowest BCUT2D eigenvalue weighted by Crippen LogP contribution is -2.53. The van der Waals surface area contributed by atoms with Crippen LogP contribution in [0.5, 0.6) is 0 Å². The predicted octanol–water partition coefficient (Wildman–Crippen LogP) is 0.0587. The third kappa shape index (κ3) is 4.94. The van der Waals surface area contributed by atoms with Crippen LogP contribution in [0.3, 0.4) is 0 Å². The quantitative estimate of drug-likeness (QED) is 0.487. The standard InChI is InChI=1S/C12H16F2O6/c1-6(2)9(12(13,14)11(17)18)20-8(15)5-19-10(16)7(3)4/h6,9H,3,5H2,1-2,4H3,(H,17,18)/p-1. The molecule has 1 atom stereocenters. The first kappa shape index (κ1) is 18.0. The van der Waals surface area contributed by atoms with Crippen molar-refractivity contribution in [1.29, 1.82) is 0 Å². The molecule has 0 aromatic carbocycles. The monoisotopic (exact) mass is 293 g/mol. The molecule has 0 fully saturated rings. The summed E-state index contributed by atoms with van der Waals surface area (Å²) in [5.41, 5.74) is 0.0123. The molecule has 0 spiro atoms. The number of hydrogen-bond acceptors (Lipinski definition) is 6. The van der Waals surface area contributed by atoms with Gasteiger partial charge in [0.1, 0.15) is 5.97 Å². The van der Waals surface area contributed by atoms with Gasteiger partial charge >= 0.3 is 17.9 Å². The van der Waals surface area contributed by atoms with Gasteiger partial charge < -0.3 is 19.4 Å². The van der Waals surface area contributed by atoms with Gasteiger partial charge in [0.2, 0.25) is 0 Å². The van der Waals surface area contributed by atoms with Crippen LogP contribution in [-0.2, 0) is 23.9 Å². The zero-order valence-corrected chi connectivity index (χ0v) is 11.3. The molecular formula is C12H15F2O6-. The van der Waals surface area contributed by atoms with E-state index in [1.165, 1.54) is 20.8 Å². The van der Waals surface area contributed by atoms with E-state index in [1.54, 1.807) is 0 Å². The first-order valence-corrected chi connectivity index (χ1v) is 5.61. The minimum atomic E-state index is -4.35. The van der Waals surface area contributed by atoms with Crippen molar-refractivity contribution in [1.82, 2.24) is 0 Å². The van der Waals surface area contributed by atoms with Crippen LogP contribution in [-0.4, -0.2) is 36.5 Å². The molecule has 0 saturated heterocycles. The Balaban J connectivity index is 4.70. The number of ether oxygens (including phenoxy) is 2. The highest BCUT2D eigenvalue weighted by atomic mass is 19.3. The highest BCUT2D eigenvalue weighted by molar-refractivity contribution is 5.88. The van der Waals surface area contributed by atoms with Gasteiger partial charge in [0.15, 0.2) is 12.7 Å². The molecule has 0 radical (unpaired) electrons. The fraction of sp³-hybridized carbons (Fsp3) is 0.583. The molecule has 0 amide bonds. The molecule has 20 heavy (non-hydrogen) atoms. The van der Waals surface area contributed by atoms with Gasteiger partial charge in [0.25, 0.3) is 0 Å². The molecular weight excluding hydrogens is 278 g/mol. The lowest BCUT2D eigenvalue weighted by atomic mass is 10.0. The van der Waals surface area contributed by atoms with Crippen LogP contribution >= 0.6 is 0 Å². The molecule has 0 bridgehead atoms.